The molecule has 0 saturated carbocycles. The summed E-state index contributed by atoms with van der Waals surface area (Å²) in [5, 5.41) is 10.5. The maximum Gasteiger partial charge on any atom is 0.405 e. The van der Waals surface area contributed by atoms with Gasteiger partial charge in [0.2, 0.25) is 0 Å². The van der Waals surface area contributed by atoms with Crippen LogP contribution in [0.15, 0.2) is 0 Å². The van der Waals surface area contributed by atoms with Gasteiger partial charge in [0.25, 0.3) is 0 Å². The molecule has 56 valence electrons. The lowest BCUT2D eigenvalue weighted by Crippen LogP contribution is -2.43. The molecule has 3 nitrogen and oxygen atoms in total. The maximum atomic E-state index is 10.1. The van der Waals surface area contributed by atoms with Gasteiger partial charge in [-0.15, -0.1) is 6.42 Å². The van der Waals surface area contributed by atoms with Gasteiger partial charge >= 0.3 is 6.09 Å². The van der Waals surface area contributed by atoms with Crippen LogP contribution in [0.4, 0.5) is 4.79 Å². The van der Waals surface area contributed by atoms with Gasteiger partial charge in [-0.1, -0.05) is 12.8 Å². The zero-order chi connectivity index (χ0) is 8.20. The number of hydrogen-bond acceptors (Lipinski definition) is 1. The number of rotatable bonds is 2. The van der Waals surface area contributed by atoms with Crippen LogP contribution in [-0.4, -0.2) is 16.7 Å². The molecule has 1 atom stereocenters. The summed E-state index contributed by atoms with van der Waals surface area (Å²) in [7, 11) is 0. The molecule has 0 fully saturated rings. The number of carboxylic acid groups (broad SMARTS) is 1. The van der Waals surface area contributed by atoms with Gasteiger partial charge in [0, 0.05) is 0 Å². The van der Waals surface area contributed by atoms with Gasteiger partial charge in [0.05, 0.1) is 0 Å². The van der Waals surface area contributed by atoms with Crippen molar-refractivity contribution in [3.05, 3.63) is 0 Å². The molecule has 0 rings (SSSR count). The topological polar surface area (TPSA) is 49.3 Å². The van der Waals surface area contributed by atoms with Gasteiger partial charge in [-0.3, -0.25) is 0 Å². The summed E-state index contributed by atoms with van der Waals surface area (Å²) in [4.78, 5) is 10.1. The van der Waals surface area contributed by atoms with E-state index in [2.05, 4.69) is 11.2 Å². The molecule has 0 aromatic rings. The van der Waals surface area contributed by atoms with E-state index >= 15 is 0 Å². The van der Waals surface area contributed by atoms with Crippen LogP contribution in [0.3, 0.4) is 0 Å². The van der Waals surface area contributed by atoms with E-state index in [1.54, 1.807) is 6.92 Å². The third-order valence-electron chi connectivity index (χ3n) is 1.41. The lowest BCUT2D eigenvalue weighted by molar-refractivity contribution is 0.186. The zero-order valence-corrected chi connectivity index (χ0v) is 6.14. The van der Waals surface area contributed by atoms with Crippen molar-refractivity contribution in [1.29, 1.82) is 0 Å². The fraction of sp³-hybridized carbons (Fsp3) is 0.571. The molecule has 1 amide bonds. The number of hydrogen-bond donors (Lipinski definition) is 2. The molecule has 0 bridgehead atoms. The van der Waals surface area contributed by atoms with Crippen LogP contribution in [0.2, 0.25) is 0 Å². The van der Waals surface area contributed by atoms with Crippen LogP contribution in [0.5, 0.6) is 0 Å². The SMILES string of the molecule is C#CC(C)(CC)NC(=O)O. The Morgan fingerprint density at radius 2 is 2.40 bits per heavy atom. The fourth-order valence-electron chi connectivity index (χ4n) is 0.463. The van der Waals surface area contributed by atoms with Gasteiger partial charge < -0.3 is 10.4 Å². The van der Waals surface area contributed by atoms with Crippen molar-refractivity contribution in [2.45, 2.75) is 25.8 Å². The van der Waals surface area contributed by atoms with Crippen LogP contribution >= 0.6 is 0 Å². The van der Waals surface area contributed by atoms with Crippen molar-refractivity contribution in [3.63, 3.8) is 0 Å². The molecule has 0 aromatic carbocycles. The zero-order valence-electron chi connectivity index (χ0n) is 6.14. The van der Waals surface area contributed by atoms with E-state index < -0.39 is 11.6 Å². The normalized spacial score (nSPS) is 14.9. The summed E-state index contributed by atoms with van der Waals surface area (Å²) < 4.78 is 0. The van der Waals surface area contributed by atoms with E-state index in [9.17, 15) is 4.79 Å². The Labute approximate surface area is 60.4 Å². The first-order valence-corrected chi connectivity index (χ1v) is 3.03. The molecular formula is C7H11NO2. The molecular weight excluding hydrogens is 130 g/mol. The van der Waals surface area contributed by atoms with Crippen molar-refractivity contribution in [3.8, 4) is 12.3 Å². The molecule has 0 saturated heterocycles. The molecule has 0 aliphatic carbocycles. The second-order valence-electron chi connectivity index (χ2n) is 2.26. The van der Waals surface area contributed by atoms with Crippen LogP contribution in [0.1, 0.15) is 20.3 Å². The molecule has 3 heteroatoms. The van der Waals surface area contributed by atoms with E-state index in [1.807, 2.05) is 6.92 Å². The summed E-state index contributed by atoms with van der Waals surface area (Å²) in [6, 6.07) is 0. The number of amides is 1. The minimum absolute atomic E-state index is 0.593. The Kier molecular flexibility index (Phi) is 2.75. The molecule has 0 heterocycles. The Hall–Kier alpha value is -1.17. The van der Waals surface area contributed by atoms with Crippen molar-refractivity contribution in [1.82, 2.24) is 5.32 Å². The highest BCUT2D eigenvalue weighted by atomic mass is 16.4. The first-order valence-electron chi connectivity index (χ1n) is 3.03. The van der Waals surface area contributed by atoms with Crippen LogP contribution < -0.4 is 5.32 Å². The summed E-state index contributed by atoms with van der Waals surface area (Å²) in [6.45, 7) is 3.50. The number of terminal acetylenes is 1. The van der Waals surface area contributed by atoms with Gasteiger partial charge in [-0.05, 0) is 13.3 Å². The summed E-state index contributed by atoms with van der Waals surface area (Å²) in [6.07, 6.45) is 4.60. The second-order valence-corrected chi connectivity index (χ2v) is 2.26. The van der Waals surface area contributed by atoms with Crippen molar-refractivity contribution in [2.24, 2.45) is 0 Å². The average molecular weight is 141 g/mol. The summed E-state index contributed by atoms with van der Waals surface area (Å²) in [5.41, 5.74) is -0.716. The first-order chi connectivity index (χ1) is 4.54. The van der Waals surface area contributed by atoms with Crippen LogP contribution in [0.25, 0.3) is 0 Å². The maximum absolute atomic E-state index is 10.1. The highest BCUT2D eigenvalue weighted by molar-refractivity contribution is 5.66. The third kappa shape index (κ3) is 2.40. The van der Waals surface area contributed by atoms with Crippen molar-refractivity contribution in [2.75, 3.05) is 0 Å². The largest absolute Gasteiger partial charge is 0.465 e. The van der Waals surface area contributed by atoms with Gasteiger partial charge in [-0.2, -0.15) is 0 Å². The van der Waals surface area contributed by atoms with Gasteiger partial charge in [-0.25, -0.2) is 4.79 Å². The fourth-order valence-corrected chi connectivity index (χ4v) is 0.463. The van der Waals surface area contributed by atoms with Crippen LogP contribution in [0, 0.1) is 12.3 Å². The summed E-state index contributed by atoms with van der Waals surface area (Å²) in [5.74, 6) is 2.37. The molecule has 2 N–H and O–H groups in total. The van der Waals surface area contributed by atoms with Gasteiger partial charge in [0.15, 0.2) is 0 Å². The standard InChI is InChI=1S/C7H11NO2/c1-4-7(3,5-2)8-6(9)10/h1,8H,5H2,2-3H3,(H,9,10). The molecule has 1 unspecified atom stereocenters. The third-order valence-corrected chi connectivity index (χ3v) is 1.41. The number of carbonyl (C=O) groups is 1. The van der Waals surface area contributed by atoms with Gasteiger partial charge in [0.1, 0.15) is 5.54 Å². The van der Waals surface area contributed by atoms with Crippen LogP contribution in [-0.2, 0) is 0 Å². The predicted molar refractivity (Wildman–Crippen MR) is 38.7 cm³/mol. The minimum Gasteiger partial charge on any atom is -0.465 e. The van der Waals surface area contributed by atoms with E-state index in [1.165, 1.54) is 0 Å². The van der Waals surface area contributed by atoms with E-state index in [0.29, 0.717) is 6.42 Å². The second kappa shape index (κ2) is 3.11. The molecule has 10 heavy (non-hydrogen) atoms. The average Bonchev–Trinajstić information content (AvgIpc) is 1.87. The monoisotopic (exact) mass is 141 g/mol. The molecule has 0 aliphatic heterocycles. The predicted octanol–water partition coefficient (Wildman–Crippen LogP) is 1.06. The molecule has 0 spiro atoms. The Bertz CT molecular complexity index is 171. The Morgan fingerprint density at radius 1 is 1.90 bits per heavy atom. The lowest BCUT2D eigenvalue weighted by Gasteiger charge is -2.20. The van der Waals surface area contributed by atoms with E-state index in [-0.39, 0.29) is 0 Å². The van der Waals surface area contributed by atoms with E-state index in [4.69, 9.17) is 11.5 Å². The highest BCUT2D eigenvalue weighted by Gasteiger charge is 2.19. The smallest absolute Gasteiger partial charge is 0.405 e. The Balaban J connectivity index is 4.10. The molecule has 0 aliphatic rings. The molecule has 0 radical (unpaired) electrons. The van der Waals surface area contributed by atoms with E-state index in [0.717, 1.165) is 0 Å². The van der Waals surface area contributed by atoms with Crippen molar-refractivity contribution < 1.29 is 9.90 Å². The lowest BCUT2D eigenvalue weighted by atomic mass is 10.0. The number of nitrogens with one attached hydrogen (secondary N) is 1. The molecule has 0 aromatic heterocycles. The minimum atomic E-state index is -1.08. The quantitative estimate of drug-likeness (QED) is 0.565. The Morgan fingerprint density at radius 3 is 2.50 bits per heavy atom. The highest BCUT2D eigenvalue weighted by Crippen LogP contribution is 2.05. The summed E-state index contributed by atoms with van der Waals surface area (Å²) >= 11 is 0. The first kappa shape index (κ1) is 8.83. The van der Waals surface area contributed by atoms with Crippen molar-refractivity contribution >= 4 is 6.09 Å².